The maximum atomic E-state index is 13.8. The third-order valence-electron chi connectivity index (χ3n) is 11.0. The number of hydrogen-bond donors (Lipinski definition) is 2. The molecule has 2 saturated heterocycles. The number of allylic oxidation sites excluding steroid dienone is 1. The summed E-state index contributed by atoms with van der Waals surface area (Å²) in [6.45, 7) is 5.77. The van der Waals surface area contributed by atoms with Crippen molar-refractivity contribution >= 4 is 28.5 Å². The molecule has 0 unspecified atom stereocenters. The molecule has 5 aliphatic rings. The van der Waals surface area contributed by atoms with Crippen molar-refractivity contribution in [2.75, 3.05) is 20.3 Å². The van der Waals surface area contributed by atoms with Crippen LogP contribution in [0.5, 0.6) is 5.88 Å². The molecule has 3 fully saturated rings. The van der Waals surface area contributed by atoms with Gasteiger partial charge in [-0.15, -0.1) is 0 Å². The summed E-state index contributed by atoms with van der Waals surface area (Å²) in [7, 11) is 1.63. The highest BCUT2D eigenvalue weighted by Crippen LogP contribution is 2.74. The summed E-state index contributed by atoms with van der Waals surface area (Å²) in [5.41, 5.74) is 13.4. The van der Waals surface area contributed by atoms with Gasteiger partial charge in [0.05, 0.1) is 43.4 Å². The number of aryl methyl sites for hydroxylation is 1. The van der Waals surface area contributed by atoms with Gasteiger partial charge in [0.25, 0.3) is 5.91 Å². The lowest BCUT2D eigenvalue weighted by Crippen LogP contribution is -2.40. The van der Waals surface area contributed by atoms with Crippen molar-refractivity contribution < 1.29 is 19.1 Å². The summed E-state index contributed by atoms with van der Waals surface area (Å²) in [5.74, 6) is 0.877. The van der Waals surface area contributed by atoms with E-state index in [4.69, 9.17) is 25.2 Å². The minimum Gasteiger partial charge on any atom is -0.482 e. The van der Waals surface area contributed by atoms with E-state index >= 15 is 0 Å². The van der Waals surface area contributed by atoms with Crippen LogP contribution in [0.4, 0.5) is 0 Å². The van der Waals surface area contributed by atoms with Crippen molar-refractivity contribution in [3.8, 4) is 17.3 Å². The number of aromatic nitrogens is 4. The molecule has 2 amide bonds. The summed E-state index contributed by atoms with van der Waals surface area (Å²) >= 11 is 0. The first kappa shape index (κ1) is 27.1. The number of imidazole rings is 1. The molecule has 4 bridgehead atoms. The molecular formula is C34H37N7O4. The molecule has 3 N–H and O–H groups in total. The summed E-state index contributed by atoms with van der Waals surface area (Å²) in [6.07, 6.45) is 5.49. The maximum absolute atomic E-state index is 13.8. The van der Waals surface area contributed by atoms with Crippen LogP contribution in [0.2, 0.25) is 0 Å². The van der Waals surface area contributed by atoms with Gasteiger partial charge in [-0.25, -0.2) is 9.97 Å². The molecule has 11 nitrogen and oxygen atoms in total. The zero-order valence-electron chi connectivity index (χ0n) is 25.7. The van der Waals surface area contributed by atoms with Gasteiger partial charge in [0.1, 0.15) is 17.0 Å². The number of carbonyl (C=O) groups excluding carboxylic acids is 2. The van der Waals surface area contributed by atoms with Crippen molar-refractivity contribution in [3.63, 3.8) is 0 Å². The standard InChI is InChI=1S/C34H37N7O4/c1-17-25-6-4-19-10-27(39(32(19)37-25)16-34-14-22(34)23(34)15-45-9-8-29(42)36-17)31-18(2)40-28(38-31)11-20(12-30(40)44-3)33(43)41-21-5-7-26(41)24(35)13-21/h4,6,10-12,14,17,21,23-24,26H,5,7-9,13,15-16,35H2,1-3H3,(H,36,42)/t17-,21+,23+,24-,26-,34+/m1/s1. The SMILES string of the molecule is COc1cc(C(=O)N2[C@H]3CC[C@@H]2[C@H](N)C3)cc2nc(-c3cc4ccc5nc4n3C[C@@]34C=C3[C@@H]4COCCC(=O)N[C@@H]5C)c(C)n12. The van der Waals surface area contributed by atoms with Crippen molar-refractivity contribution in [2.24, 2.45) is 17.1 Å². The first-order chi connectivity index (χ1) is 21.8. The summed E-state index contributed by atoms with van der Waals surface area (Å²) in [6, 6.07) is 10.0. The van der Waals surface area contributed by atoms with Gasteiger partial charge in [-0.05, 0) is 57.4 Å². The first-order valence-electron chi connectivity index (χ1n) is 16.0. The second-order valence-electron chi connectivity index (χ2n) is 13.5. The monoisotopic (exact) mass is 607 g/mol. The van der Waals surface area contributed by atoms with E-state index in [2.05, 4.69) is 28.1 Å². The van der Waals surface area contributed by atoms with Gasteiger partial charge in [0, 0.05) is 59.4 Å². The van der Waals surface area contributed by atoms with Gasteiger partial charge in [-0.2, -0.15) is 0 Å². The molecule has 1 spiro atoms. The summed E-state index contributed by atoms with van der Waals surface area (Å²) in [5, 5.41) is 4.07. The third-order valence-corrected chi connectivity index (χ3v) is 11.0. The second kappa shape index (κ2) is 9.40. The van der Waals surface area contributed by atoms with Crippen LogP contribution in [-0.4, -0.2) is 74.1 Å². The van der Waals surface area contributed by atoms with Gasteiger partial charge in [0.15, 0.2) is 5.88 Å². The largest absolute Gasteiger partial charge is 0.482 e. The molecule has 232 valence electrons. The van der Waals surface area contributed by atoms with E-state index in [1.165, 1.54) is 5.57 Å². The van der Waals surface area contributed by atoms with Crippen molar-refractivity contribution in [1.29, 1.82) is 0 Å². The van der Waals surface area contributed by atoms with E-state index in [9.17, 15) is 9.59 Å². The molecule has 45 heavy (non-hydrogen) atoms. The third kappa shape index (κ3) is 3.89. The van der Waals surface area contributed by atoms with Crippen molar-refractivity contribution in [1.82, 2.24) is 29.2 Å². The van der Waals surface area contributed by atoms with Crippen molar-refractivity contribution in [2.45, 2.75) is 70.2 Å². The van der Waals surface area contributed by atoms with Gasteiger partial charge < -0.3 is 30.0 Å². The Morgan fingerprint density at radius 1 is 1.20 bits per heavy atom. The van der Waals surface area contributed by atoms with E-state index in [1.807, 2.05) is 41.3 Å². The Bertz CT molecular complexity index is 1980. The average molecular weight is 608 g/mol. The molecule has 4 aromatic rings. The lowest BCUT2D eigenvalue weighted by Gasteiger charge is -2.23. The number of amides is 2. The molecule has 3 aliphatic heterocycles. The Morgan fingerprint density at radius 2 is 2.07 bits per heavy atom. The fourth-order valence-corrected chi connectivity index (χ4v) is 8.37. The predicted molar refractivity (Wildman–Crippen MR) is 167 cm³/mol. The second-order valence-corrected chi connectivity index (χ2v) is 13.5. The molecular weight excluding hydrogens is 570 g/mol. The highest BCUT2D eigenvalue weighted by atomic mass is 16.5. The quantitative estimate of drug-likeness (QED) is 0.341. The number of hydrogen-bond acceptors (Lipinski definition) is 7. The Morgan fingerprint density at radius 3 is 2.82 bits per heavy atom. The Hall–Kier alpha value is -4.22. The average Bonchev–Trinajstić information content (AvgIpc) is 3.54. The number of rotatable bonds is 3. The van der Waals surface area contributed by atoms with Crippen molar-refractivity contribution in [3.05, 3.63) is 58.9 Å². The first-order valence-corrected chi connectivity index (χ1v) is 16.0. The van der Waals surface area contributed by atoms with Crippen LogP contribution in [-0.2, 0) is 16.1 Å². The van der Waals surface area contributed by atoms with Gasteiger partial charge >= 0.3 is 0 Å². The molecule has 0 radical (unpaired) electrons. The number of carbonyl (C=O) groups is 2. The topological polar surface area (TPSA) is 129 Å². The van der Waals surface area contributed by atoms with E-state index in [1.54, 1.807) is 7.11 Å². The summed E-state index contributed by atoms with van der Waals surface area (Å²) in [4.78, 5) is 38.6. The van der Waals surface area contributed by atoms with Crippen LogP contribution in [0.1, 0.15) is 60.4 Å². The number of fused-ring (bicyclic) bond motifs is 5. The minimum absolute atomic E-state index is 0.00332. The van der Waals surface area contributed by atoms with E-state index in [-0.39, 0.29) is 41.4 Å². The van der Waals surface area contributed by atoms with E-state index in [0.29, 0.717) is 42.6 Å². The van der Waals surface area contributed by atoms with Gasteiger partial charge in [-0.3, -0.25) is 14.0 Å². The van der Waals surface area contributed by atoms with Gasteiger partial charge in [0.2, 0.25) is 5.91 Å². The predicted octanol–water partition coefficient (Wildman–Crippen LogP) is 3.53. The zero-order valence-corrected chi connectivity index (χ0v) is 25.7. The molecule has 1 saturated carbocycles. The van der Waals surface area contributed by atoms with Crippen LogP contribution >= 0.6 is 0 Å². The van der Waals surface area contributed by atoms with Crippen LogP contribution in [0.3, 0.4) is 0 Å². The minimum atomic E-state index is -0.240. The molecule has 9 rings (SSSR count). The molecule has 11 heteroatoms. The fraction of sp³-hybridized carbons (Fsp3) is 0.471. The fourth-order valence-electron chi connectivity index (χ4n) is 8.37. The Balaban J connectivity index is 1.17. The number of nitrogens with zero attached hydrogens (tertiary/aromatic N) is 5. The molecule has 2 aliphatic carbocycles. The molecule has 4 aromatic heterocycles. The van der Waals surface area contributed by atoms with Crippen LogP contribution in [0.15, 0.2) is 42.0 Å². The van der Waals surface area contributed by atoms with E-state index < -0.39 is 0 Å². The number of nitrogens with one attached hydrogen (secondary N) is 1. The lowest BCUT2D eigenvalue weighted by atomic mass is 9.97. The Kier molecular flexibility index (Phi) is 5.66. The van der Waals surface area contributed by atoms with Gasteiger partial charge in [-0.1, -0.05) is 11.6 Å². The van der Waals surface area contributed by atoms with E-state index in [0.717, 1.165) is 59.6 Å². The number of nitrogens with two attached hydrogens (primary N) is 1. The summed E-state index contributed by atoms with van der Waals surface area (Å²) < 4.78 is 16.1. The number of pyridine rings is 2. The van der Waals surface area contributed by atoms with Crippen LogP contribution < -0.4 is 15.8 Å². The Labute approximate surface area is 260 Å². The molecule has 0 aromatic carbocycles. The zero-order chi connectivity index (χ0) is 30.8. The van der Waals surface area contributed by atoms with Crippen LogP contribution in [0.25, 0.3) is 28.1 Å². The molecule has 6 atom stereocenters. The number of methoxy groups -OCH3 is 1. The van der Waals surface area contributed by atoms with Crippen LogP contribution in [0, 0.1) is 18.3 Å². The molecule has 7 heterocycles. The maximum Gasteiger partial charge on any atom is 0.254 e. The highest BCUT2D eigenvalue weighted by molar-refractivity contribution is 5.97. The smallest absolute Gasteiger partial charge is 0.254 e. The highest BCUT2D eigenvalue weighted by Gasteiger charge is 2.69. The lowest BCUT2D eigenvalue weighted by molar-refractivity contribution is -0.122. The normalized spacial score (nSPS) is 30.2. The number of ether oxygens (including phenoxy) is 2.